The number of aromatic nitrogens is 1. The van der Waals surface area contributed by atoms with Crippen molar-refractivity contribution in [2.45, 2.75) is 19.3 Å². The van der Waals surface area contributed by atoms with Gasteiger partial charge in [0.25, 0.3) is 0 Å². The van der Waals surface area contributed by atoms with Crippen LogP contribution in [0.5, 0.6) is 5.75 Å². The van der Waals surface area contributed by atoms with E-state index >= 15 is 0 Å². The molecule has 1 N–H and O–H groups in total. The van der Waals surface area contributed by atoms with E-state index in [1.807, 2.05) is 36.4 Å². The van der Waals surface area contributed by atoms with Crippen molar-refractivity contribution >= 4 is 11.7 Å². The monoisotopic (exact) mass is 341 g/mol. The van der Waals surface area contributed by atoms with E-state index in [4.69, 9.17) is 9.78 Å². The molecule has 0 saturated carbocycles. The van der Waals surface area contributed by atoms with Gasteiger partial charge in [-0.25, -0.2) is 4.79 Å². The second kappa shape index (κ2) is 9.03. The number of rotatable bonds is 7. The molecule has 2 aromatic rings. The number of nitrogens with one attached hydrogen (secondary N) is 1. The van der Waals surface area contributed by atoms with Gasteiger partial charge in [0.05, 0.1) is 12.1 Å². The molecular weight excluding hydrogens is 318 g/mol. The molecule has 1 aliphatic heterocycles. The first-order valence-corrected chi connectivity index (χ1v) is 8.64. The number of carbonyl (C=O) groups excluding carboxylic acids is 1. The quantitative estimate of drug-likeness (QED) is 0.616. The number of benzene rings is 1. The van der Waals surface area contributed by atoms with Crippen molar-refractivity contribution in [2.75, 3.05) is 31.1 Å². The molecule has 0 amide bonds. The van der Waals surface area contributed by atoms with Gasteiger partial charge < -0.3 is 10.2 Å². The summed E-state index contributed by atoms with van der Waals surface area (Å²) >= 11 is 0. The summed E-state index contributed by atoms with van der Waals surface area (Å²) in [6.45, 7) is 3.67. The SMILES string of the molecule is O=C(CCCc1ccncc1)OOc1ccccc1N1CCNCC1. The summed E-state index contributed by atoms with van der Waals surface area (Å²) in [7, 11) is 0. The maximum Gasteiger partial charge on any atom is 0.355 e. The number of pyridine rings is 1. The molecule has 0 spiro atoms. The molecule has 6 nitrogen and oxygen atoms in total. The zero-order valence-corrected chi connectivity index (χ0v) is 14.2. The third-order valence-corrected chi connectivity index (χ3v) is 4.14. The summed E-state index contributed by atoms with van der Waals surface area (Å²) in [5, 5.41) is 3.32. The lowest BCUT2D eigenvalue weighted by Gasteiger charge is -2.30. The molecule has 1 aromatic heterocycles. The highest BCUT2D eigenvalue weighted by Gasteiger charge is 2.16. The first-order valence-electron chi connectivity index (χ1n) is 8.64. The number of carbonyl (C=O) groups is 1. The average molecular weight is 341 g/mol. The maximum atomic E-state index is 11.9. The maximum absolute atomic E-state index is 11.9. The summed E-state index contributed by atoms with van der Waals surface area (Å²) in [4.78, 5) is 28.5. The zero-order valence-electron chi connectivity index (χ0n) is 14.2. The van der Waals surface area contributed by atoms with Crippen LogP contribution in [0.4, 0.5) is 5.69 Å². The van der Waals surface area contributed by atoms with Gasteiger partial charge in [0, 0.05) is 38.6 Å². The van der Waals surface area contributed by atoms with E-state index < -0.39 is 0 Å². The molecule has 0 atom stereocenters. The van der Waals surface area contributed by atoms with Gasteiger partial charge in [-0.3, -0.25) is 14.8 Å². The van der Waals surface area contributed by atoms with Gasteiger partial charge in [0.15, 0.2) is 0 Å². The van der Waals surface area contributed by atoms with Crippen LogP contribution in [-0.2, 0) is 16.1 Å². The van der Waals surface area contributed by atoms with Crippen molar-refractivity contribution in [1.82, 2.24) is 10.3 Å². The predicted molar refractivity (Wildman–Crippen MR) is 95.4 cm³/mol. The van der Waals surface area contributed by atoms with Crippen molar-refractivity contribution in [2.24, 2.45) is 0 Å². The number of anilines is 1. The molecule has 1 aliphatic rings. The molecule has 1 saturated heterocycles. The van der Waals surface area contributed by atoms with Crippen LogP contribution >= 0.6 is 0 Å². The Morgan fingerprint density at radius 2 is 1.88 bits per heavy atom. The molecule has 0 radical (unpaired) electrons. The van der Waals surface area contributed by atoms with Crippen LogP contribution in [0.3, 0.4) is 0 Å². The minimum absolute atomic E-state index is 0.318. The zero-order chi connectivity index (χ0) is 17.3. The van der Waals surface area contributed by atoms with Crippen LogP contribution in [0.1, 0.15) is 18.4 Å². The van der Waals surface area contributed by atoms with Crippen LogP contribution in [0, 0.1) is 0 Å². The van der Waals surface area contributed by atoms with Gasteiger partial charge in [0.1, 0.15) is 0 Å². The molecule has 0 bridgehead atoms. The van der Waals surface area contributed by atoms with E-state index in [0.29, 0.717) is 18.6 Å². The number of hydrogen-bond acceptors (Lipinski definition) is 6. The lowest BCUT2D eigenvalue weighted by Crippen LogP contribution is -2.43. The Bertz CT molecular complexity index is 673. The number of piperazine rings is 1. The van der Waals surface area contributed by atoms with Gasteiger partial charge in [-0.15, -0.1) is 0 Å². The van der Waals surface area contributed by atoms with E-state index in [9.17, 15) is 4.79 Å². The van der Waals surface area contributed by atoms with Gasteiger partial charge in [-0.05, 0) is 42.7 Å². The van der Waals surface area contributed by atoms with Gasteiger partial charge >= 0.3 is 5.97 Å². The van der Waals surface area contributed by atoms with E-state index in [0.717, 1.165) is 43.9 Å². The van der Waals surface area contributed by atoms with Gasteiger partial charge in [0.2, 0.25) is 5.75 Å². The second-order valence-corrected chi connectivity index (χ2v) is 5.95. The van der Waals surface area contributed by atoms with Gasteiger partial charge in [-0.2, -0.15) is 0 Å². The standard InChI is InChI=1S/C19H23N3O3/c23-19(7-3-4-16-8-10-20-11-9-16)25-24-18-6-2-1-5-17(18)22-14-12-21-13-15-22/h1-2,5-6,8-11,21H,3-4,7,12-15H2. The summed E-state index contributed by atoms with van der Waals surface area (Å²) in [5.74, 6) is 0.219. The van der Waals surface area contributed by atoms with Crippen molar-refractivity contribution in [3.05, 3.63) is 54.4 Å². The third kappa shape index (κ3) is 5.19. The van der Waals surface area contributed by atoms with E-state index in [1.54, 1.807) is 12.4 Å². The lowest BCUT2D eigenvalue weighted by molar-refractivity contribution is -0.213. The van der Waals surface area contributed by atoms with Crippen LogP contribution < -0.4 is 15.1 Å². The van der Waals surface area contributed by atoms with Crippen molar-refractivity contribution in [1.29, 1.82) is 0 Å². The Hall–Kier alpha value is -2.60. The molecule has 25 heavy (non-hydrogen) atoms. The number of hydrogen-bond donors (Lipinski definition) is 1. The molecular formula is C19H23N3O3. The first-order chi connectivity index (χ1) is 12.3. The molecule has 1 fully saturated rings. The molecule has 3 rings (SSSR count). The van der Waals surface area contributed by atoms with Crippen molar-refractivity contribution in [3.63, 3.8) is 0 Å². The fraction of sp³-hybridized carbons (Fsp3) is 0.368. The topological polar surface area (TPSA) is 63.7 Å². The molecule has 0 aliphatic carbocycles. The fourth-order valence-corrected chi connectivity index (χ4v) is 2.81. The first kappa shape index (κ1) is 17.2. The van der Waals surface area contributed by atoms with E-state index in [2.05, 4.69) is 15.2 Å². The van der Waals surface area contributed by atoms with E-state index in [1.165, 1.54) is 0 Å². The smallest absolute Gasteiger partial charge is 0.355 e. The molecule has 6 heteroatoms. The Balaban J connectivity index is 1.47. The minimum atomic E-state index is -0.357. The predicted octanol–water partition coefficient (Wildman–Crippen LogP) is 2.35. The highest BCUT2D eigenvalue weighted by Crippen LogP contribution is 2.28. The number of aryl methyl sites for hydroxylation is 1. The molecule has 132 valence electrons. The Labute approximate surface area is 147 Å². The summed E-state index contributed by atoms with van der Waals surface area (Å²) in [5.41, 5.74) is 2.11. The van der Waals surface area contributed by atoms with Crippen LogP contribution in [-0.4, -0.2) is 37.1 Å². The highest BCUT2D eigenvalue weighted by molar-refractivity contribution is 5.69. The normalized spacial score (nSPS) is 14.2. The Morgan fingerprint density at radius 1 is 1.12 bits per heavy atom. The second-order valence-electron chi connectivity index (χ2n) is 5.95. The largest absolute Gasteiger partial charge is 0.366 e. The van der Waals surface area contributed by atoms with Crippen LogP contribution in [0.25, 0.3) is 0 Å². The van der Waals surface area contributed by atoms with E-state index in [-0.39, 0.29) is 5.97 Å². The molecule has 0 unspecified atom stereocenters. The van der Waals surface area contributed by atoms with Crippen LogP contribution in [0.2, 0.25) is 0 Å². The summed E-state index contributed by atoms with van der Waals surface area (Å²) in [6, 6.07) is 11.5. The highest BCUT2D eigenvalue weighted by atomic mass is 17.2. The minimum Gasteiger partial charge on any atom is -0.366 e. The Morgan fingerprint density at radius 3 is 2.68 bits per heavy atom. The average Bonchev–Trinajstić information content (AvgIpc) is 2.68. The van der Waals surface area contributed by atoms with Gasteiger partial charge in [-0.1, -0.05) is 12.1 Å². The van der Waals surface area contributed by atoms with Crippen molar-refractivity contribution < 1.29 is 14.6 Å². The summed E-state index contributed by atoms with van der Waals surface area (Å²) in [6.07, 6.45) is 5.35. The third-order valence-electron chi connectivity index (χ3n) is 4.14. The molecule has 1 aromatic carbocycles. The number of para-hydroxylation sites is 2. The van der Waals surface area contributed by atoms with Crippen LogP contribution in [0.15, 0.2) is 48.8 Å². The molecule has 2 heterocycles. The van der Waals surface area contributed by atoms with Crippen molar-refractivity contribution in [3.8, 4) is 5.75 Å². The lowest BCUT2D eigenvalue weighted by atomic mass is 10.1. The fourth-order valence-electron chi connectivity index (χ4n) is 2.81. The summed E-state index contributed by atoms with van der Waals surface area (Å²) < 4.78 is 0. The number of nitrogens with zero attached hydrogens (tertiary/aromatic N) is 2. The Kier molecular flexibility index (Phi) is 6.23.